The molecule has 3 aromatic carbocycles. The molecule has 4 atom stereocenters. The standard InChI is InChI=1S/C44H51N5O7S/c1-46(2)57(53,54)45-41(50)30-16-18-34-37(21-30)49-27-44(23-36(44)35-22-32(55-3)17-19-33(35)40(49)39(34)29-13-8-5-9-14-29)42(51)48-20-10-15-31-24-47(25-38(31)48)43(52)56-26-28-11-6-4-7-12-28/h4,6-7,11-12,16-19,21-22,29,31,36,38H,5,8-10,13-15,20,23-27H2,1-3H3,(H,45,50). The number of benzene rings is 3. The molecule has 57 heavy (non-hydrogen) atoms. The normalized spacial score (nSPS) is 24.2. The summed E-state index contributed by atoms with van der Waals surface area (Å²) in [7, 11) is 0.407. The largest absolute Gasteiger partial charge is 0.497 e. The number of ether oxygens (including phenoxy) is 2. The zero-order valence-electron chi connectivity index (χ0n) is 32.9. The molecule has 300 valence electrons. The number of hydrogen-bond donors (Lipinski definition) is 1. The van der Waals surface area contributed by atoms with Gasteiger partial charge in [0.15, 0.2) is 0 Å². The van der Waals surface area contributed by atoms with Gasteiger partial charge in [0.25, 0.3) is 5.91 Å². The third kappa shape index (κ3) is 6.56. The second kappa shape index (κ2) is 14.5. The Morgan fingerprint density at radius 3 is 2.47 bits per heavy atom. The maximum absolute atomic E-state index is 15.4. The van der Waals surface area contributed by atoms with E-state index < -0.39 is 21.5 Å². The van der Waals surface area contributed by atoms with E-state index in [1.54, 1.807) is 18.1 Å². The van der Waals surface area contributed by atoms with Crippen LogP contribution in [0.2, 0.25) is 0 Å². The third-order valence-corrected chi connectivity index (χ3v) is 14.8. The van der Waals surface area contributed by atoms with Crippen LogP contribution in [0.4, 0.5) is 4.79 Å². The first-order chi connectivity index (χ1) is 27.5. The van der Waals surface area contributed by atoms with E-state index in [2.05, 4.69) is 26.3 Å². The minimum Gasteiger partial charge on any atom is -0.497 e. The molecule has 3 aliphatic heterocycles. The number of likely N-dealkylation sites (tertiary alicyclic amines) is 2. The first kappa shape index (κ1) is 37.7. The number of carbonyl (C=O) groups excluding carboxylic acids is 3. The molecule has 4 unspecified atom stereocenters. The molecule has 4 fully saturated rings. The highest BCUT2D eigenvalue weighted by molar-refractivity contribution is 7.87. The molecule has 2 aliphatic carbocycles. The Labute approximate surface area is 334 Å². The molecule has 13 heteroatoms. The van der Waals surface area contributed by atoms with Crippen LogP contribution in [0.3, 0.4) is 0 Å². The average molecular weight is 794 g/mol. The summed E-state index contributed by atoms with van der Waals surface area (Å²) in [5, 5.41) is 1.03. The average Bonchev–Trinajstić information content (AvgIpc) is 3.68. The monoisotopic (exact) mass is 793 g/mol. The molecule has 4 heterocycles. The summed E-state index contributed by atoms with van der Waals surface area (Å²) in [5.41, 5.74) is 5.74. The Kier molecular flexibility index (Phi) is 9.58. The second-order valence-corrected chi connectivity index (χ2v) is 18.8. The first-order valence-electron chi connectivity index (χ1n) is 20.3. The van der Waals surface area contributed by atoms with Crippen molar-refractivity contribution in [1.29, 1.82) is 0 Å². The third-order valence-electron chi connectivity index (χ3n) is 13.4. The maximum atomic E-state index is 15.4. The number of rotatable bonds is 8. The van der Waals surface area contributed by atoms with Gasteiger partial charge in [-0.2, -0.15) is 12.7 Å². The van der Waals surface area contributed by atoms with Gasteiger partial charge in [0.2, 0.25) is 5.91 Å². The molecule has 2 saturated heterocycles. The molecule has 4 aromatic rings. The highest BCUT2D eigenvalue weighted by Gasteiger charge is 2.65. The van der Waals surface area contributed by atoms with Crippen molar-refractivity contribution in [1.82, 2.24) is 23.4 Å². The van der Waals surface area contributed by atoms with E-state index in [0.717, 1.165) is 81.9 Å². The number of hydrogen-bond acceptors (Lipinski definition) is 7. The number of methoxy groups -OCH3 is 1. The number of carbonyl (C=O) groups is 3. The van der Waals surface area contributed by atoms with Crippen LogP contribution in [0.15, 0.2) is 66.7 Å². The van der Waals surface area contributed by atoms with E-state index in [9.17, 15) is 18.0 Å². The van der Waals surface area contributed by atoms with Gasteiger partial charge in [-0.15, -0.1) is 0 Å². The number of piperidine rings is 1. The van der Waals surface area contributed by atoms with Crippen LogP contribution < -0.4 is 9.46 Å². The van der Waals surface area contributed by atoms with Crippen molar-refractivity contribution in [2.24, 2.45) is 11.3 Å². The van der Waals surface area contributed by atoms with Crippen LogP contribution >= 0.6 is 0 Å². The van der Waals surface area contributed by atoms with E-state index in [-0.39, 0.29) is 42.0 Å². The van der Waals surface area contributed by atoms with Crippen LogP contribution in [-0.4, -0.2) is 91.9 Å². The number of nitrogens with one attached hydrogen (secondary N) is 1. The van der Waals surface area contributed by atoms with Crippen molar-refractivity contribution in [2.75, 3.05) is 40.8 Å². The predicted octanol–water partition coefficient (Wildman–Crippen LogP) is 6.65. The van der Waals surface area contributed by atoms with E-state index >= 15 is 4.79 Å². The van der Waals surface area contributed by atoms with Crippen LogP contribution in [0.1, 0.15) is 90.3 Å². The summed E-state index contributed by atoms with van der Waals surface area (Å²) in [6.07, 6.45) is 7.69. The number of fused-ring (bicyclic) bond motifs is 8. The van der Waals surface area contributed by atoms with Gasteiger partial charge >= 0.3 is 16.3 Å². The fourth-order valence-corrected chi connectivity index (χ4v) is 10.9. The number of aromatic nitrogens is 1. The summed E-state index contributed by atoms with van der Waals surface area (Å²) in [4.78, 5) is 46.2. The van der Waals surface area contributed by atoms with Crippen molar-refractivity contribution in [3.8, 4) is 17.0 Å². The zero-order chi connectivity index (χ0) is 39.6. The Balaban J connectivity index is 1.11. The highest BCUT2D eigenvalue weighted by Crippen LogP contribution is 2.66. The summed E-state index contributed by atoms with van der Waals surface area (Å²) >= 11 is 0. The fraction of sp³-hybridized carbons (Fsp3) is 0.477. The lowest BCUT2D eigenvalue weighted by molar-refractivity contribution is -0.142. The van der Waals surface area contributed by atoms with Gasteiger partial charge in [-0.3, -0.25) is 9.59 Å². The maximum Gasteiger partial charge on any atom is 0.410 e. The molecule has 2 saturated carbocycles. The molecular weight excluding hydrogens is 743 g/mol. The van der Waals surface area contributed by atoms with Gasteiger partial charge in [0, 0.05) is 68.2 Å². The van der Waals surface area contributed by atoms with Gasteiger partial charge in [0.05, 0.1) is 24.3 Å². The van der Waals surface area contributed by atoms with Crippen LogP contribution in [-0.2, 0) is 32.9 Å². The van der Waals surface area contributed by atoms with Gasteiger partial charge in [0.1, 0.15) is 12.4 Å². The number of nitrogens with zero attached hydrogens (tertiary/aromatic N) is 4. The molecule has 1 aromatic heterocycles. The lowest BCUT2D eigenvalue weighted by Crippen LogP contribution is -2.52. The summed E-state index contributed by atoms with van der Waals surface area (Å²) in [6, 6.07) is 21.3. The van der Waals surface area contributed by atoms with Crippen molar-refractivity contribution in [2.45, 2.75) is 82.4 Å². The van der Waals surface area contributed by atoms with E-state index in [0.29, 0.717) is 38.5 Å². The molecule has 0 spiro atoms. The Morgan fingerprint density at radius 1 is 0.930 bits per heavy atom. The van der Waals surface area contributed by atoms with Gasteiger partial charge in [-0.05, 0) is 91.0 Å². The Bertz CT molecular complexity index is 2350. The van der Waals surface area contributed by atoms with Crippen molar-refractivity contribution in [3.63, 3.8) is 0 Å². The van der Waals surface area contributed by atoms with E-state index in [4.69, 9.17) is 9.47 Å². The molecule has 1 N–H and O–H groups in total. The van der Waals surface area contributed by atoms with Crippen molar-refractivity contribution >= 4 is 39.0 Å². The first-order valence-corrected chi connectivity index (χ1v) is 21.8. The number of amides is 3. The minimum absolute atomic E-state index is 0.0466. The zero-order valence-corrected chi connectivity index (χ0v) is 33.7. The van der Waals surface area contributed by atoms with Crippen LogP contribution in [0, 0.1) is 11.3 Å². The van der Waals surface area contributed by atoms with Crippen molar-refractivity contribution in [3.05, 3.63) is 89.0 Å². The molecule has 0 bridgehead atoms. The lowest BCUT2D eigenvalue weighted by Gasteiger charge is -2.39. The Hall–Kier alpha value is -4.88. The molecule has 3 amide bonds. The van der Waals surface area contributed by atoms with Crippen LogP contribution in [0.25, 0.3) is 22.2 Å². The van der Waals surface area contributed by atoms with Crippen LogP contribution in [0.5, 0.6) is 5.75 Å². The lowest BCUT2D eigenvalue weighted by atomic mass is 9.81. The summed E-state index contributed by atoms with van der Waals surface area (Å²) < 4.78 is 42.4. The van der Waals surface area contributed by atoms with Crippen molar-refractivity contribution < 1.29 is 32.3 Å². The minimum atomic E-state index is -4.02. The van der Waals surface area contributed by atoms with Gasteiger partial charge in [-0.25, -0.2) is 9.52 Å². The molecular formula is C44H51N5O7S. The molecule has 5 aliphatic rings. The molecule has 0 radical (unpaired) electrons. The smallest absolute Gasteiger partial charge is 0.410 e. The van der Waals surface area contributed by atoms with E-state index in [1.807, 2.05) is 48.5 Å². The van der Waals surface area contributed by atoms with Gasteiger partial charge < -0.3 is 23.8 Å². The topological polar surface area (TPSA) is 130 Å². The summed E-state index contributed by atoms with van der Waals surface area (Å²) in [6.45, 7) is 2.25. The Morgan fingerprint density at radius 2 is 1.72 bits per heavy atom. The SMILES string of the molecule is COc1ccc2c(c1)C1CC1(C(=O)N1CCCC3CN(C(=O)OCc4ccccc4)CC31)Cn1c-2c(C2CCCCC2)c2ccc(C(=O)NS(=O)(=O)N(C)C)cc21. The van der Waals surface area contributed by atoms with E-state index in [1.165, 1.54) is 26.1 Å². The fourth-order valence-electron chi connectivity index (χ4n) is 10.4. The summed E-state index contributed by atoms with van der Waals surface area (Å²) in [5.74, 6) is 0.562. The second-order valence-electron chi connectivity index (χ2n) is 16.9. The molecule has 12 nitrogen and oxygen atoms in total. The quantitative estimate of drug-likeness (QED) is 0.212. The predicted molar refractivity (Wildman–Crippen MR) is 216 cm³/mol. The van der Waals surface area contributed by atoms with Gasteiger partial charge in [-0.1, -0.05) is 55.7 Å². The molecule has 9 rings (SSSR count). The highest BCUT2D eigenvalue weighted by atomic mass is 32.2.